The molecule has 1 heterocycles. The highest BCUT2D eigenvalue weighted by molar-refractivity contribution is 6.12. The third kappa shape index (κ3) is 5.97. The maximum absolute atomic E-state index is 13.3. The molecule has 0 saturated carbocycles. The Labute approximate surface area is 192 Å². The van der Waals surface area contributed by atoms with Crippen LogP contribution in [0.25, 0.3) is 11.1 Å². The summed E-state index contributed by atoms with van der Waals surface area (Å²) in [5.41, 5.74) is 0.627. The molecule has 2 amide bonds. The van der Waals surface area contributed by atoms with E-state index in [2.05, 4.69) is 10.3 Å². The first kappa shape index (κ1) is 24.4. The molecule has 0 spiro atoms. The standard InChI is InChI=1S/C24H20F3N3O4/c1-13-8-19(30-23(33)34)20(10-18(13)24(25,26)27)29-22(32)11-21(31)16-5-3-4-15(9-16)17-7-6-14(2)28-12-17/h3-10,12,30H,11H2,1-2H3,(H,29,32)(H,33,34). The molecule has 7 nitrogen and oxygen atoms in total. The Morgan fingerprint density at radius 2 is 1.65 bits per heavy atom. The summed E-state index contributed by atoms with van der Waals surface area (Å²) in [6.07, 6.45) is -5.24. The molecule has 0 aliphatic rings. The highest BCUT2D eigenvalue weighted by atomic mass is 19.4. The summed E-state index contributed by atoms with van der Waals surface area (Å²) >= 11 is 0. The van der Waals surface area contributed by atoms with Gasteiger partial charge in [-0.1, -0.05) is 24.3 Å². The zero-order valence-corrected chi connectivity index (χ0v) is 18.2. The minimum Gasteiger partial charge on any atom is -0.465 e. The topological polar surface area (TPSA) is 108 Å². The summed E-state index contributed by atoms with van der Waals surface area (Å²) in [6, 6.07) is 11.8. The number of aryl methyl sites for hydroxylation is 2. The minimum atomic E-state index is -4.72. The van der Waals surface area contributed by atoms with Crippen LogP contribution >= 0.6 is 0 Å². The second-order valence-electron chi connectivity index (χ2n) is 7.56. The van der Waals surface area contributed by atoms with Gasteiger partial charge in [0.25, 0.3) is 0 Å². The van der Waals surface area contributed by atoms with Crippen LogP contribution in [-0.4, -0.2) is 27.9 Å². The van der Waals surface area contributed by atoms with E-state index in [1.54, 1.807) is 24.4 Å². The van der Waals surface area contributed by atoms with Crippen molar-refractivity contribution in [2.75, 3.05) is 10.6 Å². The first-order chi connectivity index (χ1) is 15.9. The van der Waals surface area contributed by atoms with Gasteiger partial charge in [0.15, 0.2) is 5.78 Å². The van der Waals surface area contributed by atoms with Gasteiger partial charge >= 0.3 is 12.3 Å². The fourth-order valence-corrected chi connectivity index (χ4v) is 3.29. The van der Waals surface area contributed by atoms with Crippen LogP contribution in [0.5, 0.6) is 0 Å². The molecule has 0 atom stereocenters. The van der Waals surface area contributed by atoms with Crippen LogP contribution in [0.4, 0.5) is 29.3 Å². The number of nitrogens with zero attached hydrogens (tertiary/aromatic N) is 1. The molecule has 0 radical (unpaired) electrons. The summed E-state index contributed by atoms with van der Waals surface area (Å²) in [7, 11) is 0. The number of benzene rings is 2. The number of aromatic nitrogens is 1. The van der Waals surface area contributed by atoms with Crippen LogP contribution in [0, 0.1) is 13.8 Å². The number of amides is 2. The molecule has 0 saturated heterocycles. The van der Waals surface area contributed by atoms with E-state index in [1.807, 2.05) is 24.4 Å². The van der Waals surface area contributed by atoms with Crippen LogP contribution in [-0.2, 0) is 11.0 Å². The Kier molecular flexibility index (Phi) is 7.00. The van der Waals surface area contributed by atoms with Gasteiger partial charge in [-0.25, -0.2) is 4.79 Å². The smallest absolute Gasteiger partial charge is 0.416 e. The third-order valence-electron chi connectivity index (χ3n) is 4.94. The van der Waals surface area contributed by atoms with Gasteiger partial charge in [0, 0.05) is 23.0 Å². The number of carbonyl (C=O) groups excluding carboxylic acids is 2. The largest absolute Gasteiger partial charge is 0.465 e. The molecule has 34 heavy (non-hydrogen) atoms. The van der Waals surface area contributed by atoms with Crippen molar-refractivity contribution in [3.05, 3.63) is 77.1 Å². The van der Waals surface area contributed by atoms with Crippen molar-refractivity contribution in [2.45, 2.75) is 26.4 Å². The Balaban J connectivity index is 1.81. The molecular formula is C24H20F3N3O4. The third-order valence-corrected chi connectivity index (χ3v) is 4.94. The number of pyridine rings is 1. The van der Waals surface area contributed by atoms with E-state index in [-0.39, 0.29) is 16.8 Å². The average molecular weight is 471 g/mol. The Hall–Kier alpha value is -4.21. The Morgan fingerprint density at radius 1 is 0.941 bits per heavy atom. The molecular weight excluding hydrogens is 451 g/mol. The molecule has 0 bridgehead atoms. The Morgan fingerprint density at radius 3 is 2.26 bits per heavy atom. The van der Waals surface area contributed by atoms with Crippen LogP contribution < -0.4 is 10.6 Å². The van der Waals surface area contributed by atoms with Gasteiger partial charge in [-0.3, -0.25) is 19.9 Å². The van der Waals surface area contributed by atoms with Crippen molar-refractivity contribution in [1.29, 1.82) is 0 Å². The molecule has 0 unspecified atom stereocenters. The molecule has 10 heteroatoms. The van der Waals surface area contributed by atoms with E-state index in [0.29, 0.717) is 11.6 Å². The van der Waals surface area contributed by atoms with E-state index >= 15 is 0 Å². The number of hydrogen-bond donors (Lipinski definition) is 3. The number of alkyl halides is 3. The number of Topliss-reactive ketones (excluding diaryl/α,β-unsaturated/α-hetero) is 1. The summed E-state index contributed by atoms with van der Waals surface area (Å²) in [5, 5.41) is 13.1. The number of nitrogens with one attached hydrogen (secondary N) is 2. The Bertz CT molecular complexity index is 1260. The first-order valence-corrected chi connectivity index (χ1v) is 10.0. The van der Waals surface area contributed by atoms with E-state index in [9.17, 15) is 27.6 Å². The molecule has 3 aromatic rings. The molecule has 3 rings (SSSR count). The number of anilines is 2. The minimum absolute atomic E-state index is 0.229. The number of carbonyl (C=O) groups is 3. The van der Waals surface area contributed by atoms with Crippen LogP contribution in [0.2, 0.25) is 0 Å². The van der Waals surface area contributed by atoms with Gasteiger partial charge in [0.1, 0.15) is 0 Å². The highest BCUT2D eigenvalue weighted by Crippen LogP contribution is 2.37. The zero-order valence-electron chi connectivity index (χ0n) is 18.2. The van der Waals surface area contributed by atoms with Crippen molar-refractivity contribution in [3.63, 3.8) is 0 Å². The summed E-state index contributed by atoms with van der Waals surface area (Å²) in [6.45, 7) is 3.01. The van der Waals surface area contributed by atoms with Crippen molar-refractivity contribution in [1.82, 2.24) is 4.98 Å². The zero-order chi connectivity index (χ0) is 25.0. The van der Waals surface area contributed by atoms with Crippen molar-refractivity contribution >= 4 is 29.2 Å². The van der Waals surface area contributed by atoms with Gasteiger partial charge < -0.3 is 10.4 Å². The lowest BCUT2D eigenvalue weighted by molar-refractivity contribution is -0.138. The number of carboxylic acid groups (broad SMARTS) is 1. The quantitative estimate of drug-likeness (QED) is 0.316. The van der Waals surface area contributed by atoms with E-state index in [0.717, 1.165) is 17.3 Å². The van der Waals surface area contributed by atoms with Gasteiger partial charge in [-0.2, -0.15) is 13.2 Å². The molecule has 2 aromatic carbocycles. The van der Waals surface area contributed by atoms with Crippen molar-refractivity contribution in [2.24, 2.45) is 0 Å². The molecule has 3 N–H and O–H groups in total. The highest BCUT2D eigenvalue weighted by Gasteiger charge is 2.33. The van der Waals surface area contributed by atoms with Crippen LogP contribution in [0.1, 0.15) is 33.6 Å². The molecule has 176 valence electrons. The lowest BCUT2D eigenvalue weighted by Gasteiger charge is -2.17. The lowest BCUT2D eigenvalue weighted by atomic mass is 10.0. The molecule has 0 fully saturated rings. The van der Waals surface area contributed by atoms with Gasteiger partial charge in [-0.15, -0.1) is 0 Å². The van der Waals surface area contributed by atoms with Crippen molar-refractivity contribution in [3.8, 4) is 11.1 Å². The molecule has 1 aromatic heterocycles. The predicted octanol–water partition coefficient (Wildman–Crippen LogP) is 5.69. The number of halogens is 3. The average Bonchev–Trinajstić information content (AvgIpc) is 2.75. The SMILES string of the molecule is Cc1ccc(-c2cccc(C(=O)CC(=O)Nc3cc(C(F)(F)F)c(C)cc3NC(=O)O)c2)cn1. The second-order valence-corrected chi connectivity index (χ2v) is 7.56. The van der Waals surface area contributed by atoms with E-state index < -0.39 is 41.6 Å². The number of ketones is 1. The normalized spacial score (nSPS) is 11.1. The summed E-state index contributed by atoms with van der Waals surface area (Å²) < 4.78 is 39.9. The predicted molar refractivity (Wildman–Crippen MR) is 120 cm³/mol. The number of rotatable bonds is 6. The van der Waals surface area contributed by atoms with Gasteiger partial charge in [0.2, 0.25) is 5.91 Å². The first-order valence-electron chi connectivity index (χ1n) is 10.0. The monoisotopic (exact) mass is 471 g/mol. The van der Waals surface area contributed by atoms with Gasteiger partial charge in [-0.05, 0) is 49.2 Å². The molecule has 0 aliphatic heterocycles. The van der Waals surface area contributed by atoms with E-state index in [4.69, 9.17) is 5.11 Å². The second kappa shape index (κ2) is 9.74. The fourth-order valence-electron chi connectivity index (χ4n) is 3.29. The van der Waals surface area contributed by atoms with Crippen LogP contribution in [0.3, 0.4) is 0 Å². The maximum Gasteiger partial charge on any atom is 0.416 e. The summed E-state index contributed by atoms with van der Waals surface area (Å²) in [4.78, 5) is 40.4. The number of hydrogen-bond acceptors (Lipinski definition) is 4. The lowest BCUT2D eigenvalue weighted by Crippen LogP contribution is -2.20. The fraction of sp³-hybridized carbons (Fsp3) is 0.167. The van der Waals surface area contributed by atoms with Crippen molar-refractivity contribution < 1.29 is 32.7 Å². The van der Waals surface area contributed by atoms with Crippen LogP contribution in [0.15, 0.2) is 54.7 Å². The summed E-state index contributed by atoms with van der Waals surface area (Å²) in [5.74, 6) is -1.45. The van der Waals surface area contributed by atoms with Gasteiger partial charge in [0.05, 0.1) is 23.4 Å². The maximum atomic E-state index is 13.3. The molecule has 0 aliphatic carbocycles. The van der Waals surface area contributed by atoms with E-state index in [1.165, 1.54) is 13.0 Å².